The van der Waals surface area contributed by atoms with Crippen molar-refractivity contribution in [1.82, 2.24) is 4.98 Å². The van der Waals surface area contributed by atoms with E-state index in [1.807, 2.05) is 31.2 Å². The topological polar surface area (TPSA) is 48.1 Å². The van der Waals surface area contributed by atoms with Crippen LogP contribution in [-0.2, 0) is 0 Å². The number of thiazole rings is 1. The molecule has 0 spiro atoms. The maximum absolute atomic E-state index is 5.80. The Labute approximate surface area is 128 Å². The number of rotatable bonds is 5. The van der Waals surface area contributed by atoms with Gasteiger partial charge in [0.25, 0.3) is 0 Å². The first-order valence-electron chi connectivity index (χ1n) is 6.56. The molecule has 2 aromatic rings. The van der Waals surface area contributed by atoms with Crippen LogP contribution in [0.2, 0.25) is 0 Å². The van der Waals surface area contributed by atoms with Crippen LogP contribution in [0.1, 0.15) is 37.3 Å². The zero-order valence-electron chi connectivity index (χ0n) is 11.8. The summed E-state index contributed by atoms with van der Waals surface area (Å²) in [6.45, 7) is 6.81. The Balaban J connectivity index is 2.45. The largest absolute Gasteiger partial charge is 0.494 e. The fourth-order valence-corrected chi connectivity index (χ4v) is 3.21. The van der Waals surface area contributed by atoms with Crippen molar-refractivity contribution in [3.05, 3.63) is 34.8 Å². The van der Waals surface area contributed by atoms with Gasteiger partial charge in [0.05, 0.1) is 17.2 Å². The summed E-state index contributed by atoms with van der Waals surface area (Å²) in [5.41, 5.74) is 7.80. The van der Waals surface area contributed by atoms with E-state index in [-0.39, 0.29) is 0 Å². The Hall–Kier alpha value is -1.46. The van der Waals surface area contributed by atoms with E-state index in [1.54, 1.807) is 11.3 Å². The molecule has 0 aliphatic carbocycles. The molecule has 5 heteroatoms. The lowest BCUT2D eigenvalue weighted by Crippen LogP contribution is -2.10. The van der Waals surface area contributed by atoms with Crippen molar-refractivity contribution in [1.29, 1.82) is 0 Å². The Morgan fingerprint density at radius 3 is 2.75 bits per heavy atom. The van der Waals surface area contributed by atoms with Gasteiger partial charge in [0.2, 0.25) is 0 Å². The second kappa shape index (κ2) is 6.33. The van der Waals surface area contributed by atoms with Crippen LogP contribution in [0.15, 0.2) is 24.3 Å². The number of benzene rings is 1. The molecule has 0 radical (unpaired) electrons. The van der Waals surface area contributed by atoms with Crippen molar-refractivity contribution < 1.29 is 4.74 Å². The predicted molar refractivity (Wildman–Crippen MR) is 88.7 cm³/mol. The molecule has 1 aromatic carbocycles. The van der Waals surface area contributed by atoms with Gasteiger partial charge in [-0.15, -0.1) is 11.3 Å². The minimum Gasteiger partial charge on any atom is -0.494 e. The molecular weight excluding hydrogens is 288 g/mol. The molecule has 0 bridgehead atoms. The highest BCUT2D eigenvalue weighted by Gasteiger charge is 2.17. The number of nitrogens with zero attached hydrogens (tertiary/aromatic N) is 1. The molecule has 0 atom stereocenters. The minimum atomic E-state index is 0.298. The van der Waals surface area contributed by atoms with E-state index in [9.17, 15) is 0 Å². The van der Waals surface area contributed by atoms with E-state index < -0.39 is 0 Å². The molecule has 1 heterocycles. The quantitative estimate of drug-likeness (QED) is 0.849. The monoisotopic (exact) mass is 306 g/mol. The molecule has 0 amide bonds. The van der Waals surface area contributed by atoms with Gasteiger partial charge in [-0.2, -0.15) is 0 Å². The van der Waals surface area contributed by atoms with E-state index in [4.69, 9.17) is 27.7 Å². The lowest BCUT2D eigenvalue weighted by atomic mass is 10.1. The Morgan fingerprint density at radius 2 is 2.20 bits per heavy atom. The minimum absolute atomic E-state index is 0.298. The van der Waals surface area contributed by atoms with Crippen molar-refractivity contribution in [2.24, 2.45) is 5.73 Å². The first kappa shape index (κ1) is 14.9. The predicted octanol–water partition coefficient (Wildman–Crippen LogP) is 3.97. The lowest BCUT2D eigenvalue weighted by Gasteiger charge is -2.04. The molecule has 0 aliphatic rings. The van der Waals surface area contributed by atoms with Gasteiger partial charge in [0.1, 0.15) is 15.7 Å². The summed E-state index contributed by atoms with van der Waals surface area (Å²) in [7, 11) is 0. The normalized spacial score (nSPS) is 10.8. The van der Waals surface area contributed by atoms with E-state index in [1.165, 1.54) is 0 Å². The highest BCUT2D eigenvalue weighted by atomic mass is 32.1. The van der Waals surface area contributed by atoms with Crippen LogP contribution in [-0.4, -0.2) is 16.6 Å². The Morgan fingerprint density at radius 1 is 1.45 bits per heavy atom. The van der Waals surface area contributed by atoms with Crippen molar-refractivity contribution in [3.63, 3.8) is 0 Å². The van der Waals surface area contributed by atoms with Crippen LogP contribution in [0.3, 0.4) is 0 Å². The number of nitrogens with two attached hydrogens (primary N) is 1. The smallest absolute Gasteiger partial charge is 0.124 e. The van der Waals surface area contributed by atoms with Crippen LogP contribution >= 0.6 is 23.6 Å². The van der Waals surface area contributed by atoms with Gasteiger partial charge < -0.3 is 10.5 Å². The average Bonchev–Trinajstić information content (AvgIpc) is 2.85. The zero-order valence-corrected chi connectivity index (χ0v) is 13.5. The molecule has 20 heavy (non-hydrogen) atoms. The van der Waals surface area contributed by atoms with E-state index in [0.29, 0.717) is 17.5 Å². The molecular formula is C15H18N2OS2. The van der Waals surface area contributed by atoms with E-state index in [0.717, 1.165) is 26.9 Å². The molecule has 0 fully saturated rings. The first-order valence-corrected chi connectivity index (χ1v) is 7.79. The number of aromatic nitrogens is 1. The molecule has 0 saturated heterocycles. The number of thiocarbonyl (C=S) groups is 1. The van der Waals surface area contributed by atoms with Crippen molar-refractivity contribution in [2.75, 3.05) is 6.61 Å². The first-order chi connectivity index (χ1) is 9.52. The number of ether oxygens (including phenoxy) is 1. The summed E-state index contributed by atoms with van der Waals surface area (Å²) >= 11 is 6.67. The van der Waals surface area contributed by atoms with Crippen LogP contribution in [0.25, 0.3) is 10.6 Å². The third-order valence-electron chi connectivity index (χ3n) is 2.82. The fourth-order valence-electron chi connectivity index (χ4n) is 1.91. The highest BCUT2D eigenvalue weighted by molar-refractivity contribution is 7.81. The molecule has 0 saturated carbocycles. The molecule has 0 unspecified atom stereocenters. The van der Waals surface area contributed by atoms with Gasteiger partial charge in [0.15, 0.2) is 0 Å². The fraction of sp³-hybridized carbons (Fsp3) is 0.333. The summed E-state index contributed by atoms with van der Waals surface area (Å²) in [6, 6.07) is 7.93. The lowest BCUT2D eigenvalue weighted by molar-refractivity contribution is 0.340. The molecule has 1 aromatic heterocycles. The zero-order chi connectivity index (χ0) is 14.7. The summed E-state index contributed by atoms with van der Waals surface area (Å²) in [5.74, 6) is 1.15. The molecule has 2 N–H and O–H groups in total. The van der Waals surface area contributed by atoms with Crippen LogP contribution in [0.5, 0.6) is 5.75 Å². The van der Waals surface area contributed by atoms with E-state index >= 15 is 0 Å². The maximum atomic E-state index is 5.80. The summed E-state index contributed by atoms with van der Waals surface area (Å²) in [6.07, 6.45) is 0. The summed E-state index contributed by atoms with van der Waals surface area (Å²) in [4.78, 5) is 6.02. The van der Waals surface area contributed by atoms with Gasteiger partial charge >= 0.3 is 0 Å². The van der Waals surface area contributed by atoms with Gasteiger partial charge in [-0.05, 0) is 25.0 Å². The number of hydrogen-bond donors (Lipinski definition) is 1. The summed E-state index contributed by atoms with van der Waals surface area (Å²) in [5, 5.41) is 0.929. The third-order valence-corrected chi connectivity index (χ3v) is 4.30. The molecule has 0 aliphatic heterocycles. The van der Waals surface area contributed by atoms with Crippen molar-refractivity contribution in [3.8, 4) is 16.3 Å². The van der Waals surface area contributed by atoms with Gasteiger partial charge in [-0.25, -0.2) is 4.98 Å². The van der Waals surface area contributed by atoms with Gasteiger partial charge in [-0.3, -0.25) is 0 Å². The van der Waals surface area contributed by atoms with Crippen LogP contribution < -0.4 is 10.5 Å². The van der Waals surface area contributed by atoms with Crippen molar-refractivity contribution >= 4 is 28.5 Å². The van der Waals surface area contributed by atoms with E-state index in [2.05, 4.69) is 13.8 Å². The molecule has 3 nitrogen and oxygen atoms in total. The van der Waals surface area contributed by atoms with Gasteiger partial charge in [0, 0.05) is 5.56 Å². The number of hydrogen-bond acceptors (Lipinski definition) is 4. The van der Waals surface area contributed by atoms with Crippen LogP contribution in [0.4, 0.5) is 0 Å². The maximum Gasteiger partial charge on any atom is 0.124 e. The van der Waals surface area contributed by atoms with Crippen LogP contribution in [0, 0.1) is 0 Å². The second-order valence-corrected chi connectivity index (χ2v) is 6.15. The Kier molecular flexibility index (Phi) is 4.73. The second-order valence-electron chi connectivity index (χ2n) is 4.71. The Bertz CT molecular complexity index is 620. The molecule has 2 rings (SSSR count). The standard InChI is InChI=1S/C15H18N2OS2/c1-4-18-11-7-5-6-10(8-11)15-17-12(9(2)3)13(20-15)14(16)19/h5-9H,4H2,1-3H3,(H2,16,19). The van der Waals surface area contributed by atoms with Gasteiger partial charge in [-0.1, -0.05) is 38.2 Å². The van der Waals surface area contributed by atoms with Crippen molar-refractivity contribution in [2.45, 2.75) is 26.7 Å². The SMILES string of the molecule is CCOc1cccc(-c2nc(C(C)C)c(C(N)=S)s2)c1. The molecule has 106 valence electrons. The average molecular weight is 306 g/mol. The third kappa shape index (κ3) is 3.16. The summed E-state index contributed by atoms with van der Waals surface area (Å²) < 4.78 is 5.53. The highest BCUT2D eigenvalue weighted by Crippen LogP contribution is 2.33.